The van der Waals surface area contributed by atoms with E-state index in [0.717, 1.165) is 17.7 Å². The molecular formula is C14H20N2O2. The molecule has 1 saturated heterocycles. The third-order valence-electron chi connectivity index (χ3n) is 3.35. The first kappa shape index (κ1) is 12.9. The summed E-state index contributed by atoms with van der Waals surface area (Å²) >= 11 is 0. The van der Waals surface area contributed by atoms with Crippen LogP contribution < -0.4 is 10.5 Å². The van der Waals surface area contributed by atoms with Gasteiger partial charge in [0.1, 0.15) is 5.75 Å². The molecule has 1 aromatic rings. The van der Waals surface area contributed by atoms with E-state index in [-0.39, 0.29) is 11.4 Å². The predicted octanol–water partition coefficient (Wildman–Crippen LogP) is 1.53. The third kappa shape index (κ3) is 3.01. The maximum absolute atomic E-state index is 11.9. The molecule has 1 aliphatic heterocycles. The van der Waals surface area contributed by atoms with Gasteiger partial charge in [-0.2, -0.15) is 0 Å². The third-order valence-corrected chi connectivity index (χ3v) is 3.35. The first-order chi connectivity index (χ1) is 8.50. The fourth-order valence-electron chi connectivity index (χ4n) is 2.25. The number of hydrogen-bond donors (Lipinski definition) is 1. The van der Waals surface area contributed by atoms with Gasteiger partial charge in [-0.1, -0.05) is 12.1 Å². The second-order valence-electron chi connectivity index (χ2n) is 5.25. The highest BCUT2D eigenvalue weighted by Gasteiger charge is 2.31. The zero-order valence-electron chi connectivity index (χ0n) is 11.0. The van der Waals surface area contributed by atoms with Gasteiger partial charge in [0, 0.05) is 25.0 Å². The molecule has 2 rings (SSSR count). The lowest BCUT2D eigenvalue weighted by Gasteiger charge is -2.37. The molecule has 98 valence electrons. The fraction of sp³-hybridized carbons (Fsp3) is 0.500. The van der Waals surface area contributed by atoms with Gasteiger partial charge in [0.05, 0.1) is 7.11 Å². The fourth-order valence-corrected chi connectivity index (χ4v) is 2.25. The van der Waals surface area contributed by atoms with E-state index in [4.69, 9.17) is 10.5 Å². The monoisotopic (exact) mass is 248 g/mol. The van der Waals surface area contributed by atoms with Crippen molar-refractivity contribution in [2.24, 2.45) is 5.73 Å². The molecule has 1 amide bonds. The number of benzene rings is 1. The summed E-state index contributed by atoms with van der Waals surface area (Å²) in [7, 11) is 1.64. The van der Waals surface area contributed by atoms with Gasteiger partial charge < -0.3 is 15.4 Å². The van der Waals surface area contributed by atoms with E-state index in [1.165, 1.54) is 0 Å². The molecule has 1 heterocycles. The minimum absolute atomic E-state index is 0.189. The van der Waals surface area contributed by atoms with Gasteiger partial charge in [0.2, 0.25) is 5.91 Å². The lowest BCUT2D eigenvalue weighted by atomic mass is 9.91. The number of nitrogens with zero attached hydrogens (tertiary/aromatic N) is 1. The Labute approximate surface area is 108 Å². The quantitative estimate of drug-likeness (QED) is 0.882. The van der Waals surface area contributed by atoms with Crippen LogP contribution in [0.1, 0.15) is 25.3 Å². The summed E-state index contributed by atoms with van der Waals surface area (Å²) in [6.45, 7) is 3.24. The normalized spacial score (nSPS) is 24.2. The van der Waals surface area contributed by atoms with Crippen molar-refractivity contribution in [3.8, 4) is 5.75 Å². The second-order valence-corrected chi connectivity index (χ2v) is 5.25. The van der Waals surface area contributed by atoms with Gasteiger partial charge in [-0.15, -0.1) is 0 Å². The number of piperidine rings is 1. The van der Waals surface area contributed by atoms with E-state index in [0.29, 0.717) is 19.5 Å². The molecule has 0 saturated carbocycles. The number of carbonyl (C=O) groups excluding carboxylic acids is 1. The molecule has 1 aromatic carbocycles. The van der Waals surface area contributed by atoms with Crippen LogP contribution in [0.4, 0.5) is 0 Å². The molecule has 0 aliphatic carbocycles. The van der Waals surface area contributed by atoms with Crippen molar-refractivity contribution in [1.29, 1.82) is 0 Å². The molecule has 1 unspecified atom stereocenters. The van der Waals surface area contributed by atoms with Gasteiger partial charge in [-0.25, -0.2) is 0 Å². The van der Waals surface area contributed by atoms with E-state index >= 15 is 0 Å². The van der Waals surface area contributed by atoms with Crippen LogP contribution in [0, 0.1) is 0 Å². The van der Waals surface area contributed by atoms with Gasteiger partial charge in [0.25, 0.3) is 0 Å². The maximum atomic E-state index is 11.9. The minimum atomic E-state index is -0.264. The molecule has 2 N–H and O–H groups in total. The van der Waals surface area contributed by atoms with Crippen LogP contribution >= 0.6 is 0 Å². The Morgan fingerprint density at radius 2 is 2.06 bits per heavy atom. The summed E-state index contributed by atoms with van der Waals surface area (Å²) < 4.78 is 5.11. The number of ether oxygens (including phenoxy) is 1. The number of carbonyl (C=O) groups is 1. The first-order valence-corrected chi connectivity index (χ1v) is 6.20. The van der Waals surface area contributed by atoms with Crippen LogP contribution in [-0.2, 0) is 11.3 Å². The summed E-state index contributed by atoms with van der Waals surface area (Å²) in [6.07, 6.45) is 1.31. The average Bonchev–Trinajstić information content (AvgIpc) is 2.35. The molecule has 1 fully saturated rings. The lowest BCUT2D eigenvalue weighted by molar-refractivity contribution is -0.135. The van der Waals surface area contributed by atoms with Crippen molar-refractivity contribution in [1.82, 2.24) is 4.90 Å². The van der Waals surface area contributed by atoms with E-state index in [1.54, 1.807) is 7.11 Å². The van der Waals surface area contributed by atoms with E-state index in [9.17, 15) is 4.79 Å². The Balaban J connectivity index is 2.04. The van der Waals surface area contributed by atoms with Crippen molar-refractivity contribution in [2.75, 3.05) is 13.7 Å². The summed E-state index contributed by atoms with van der Waals surface area (Å²) in [5.41, 5.74) is 6.95. The molecule has 1 atom stereocenters. The average molecular weight is 248 g/mol. The van der Waals surface area contributed by atoms with E-state index in [2.05, 4.69) is 0 Å². The molecule has 1 aliphatic rings. The van der Waals surface area contributed by atoms with Crippen LogP contribution in [-0.4, -0.2) is 30.0 Å². The number of likely N-dealkylation sites (tertiary alicyclic amines) is 1. The van der Waals surface area contributed by atoms with Crippen LogP contribution in [0.2, 0.25) is 0 Å². The summed E-state index contributed by atoms with van der Waals surface area (Å²) in [5.74, 6) is 1.01. The van der Waals surface area contributed by atoms with Crippen LogP contribution in [0.15, 0.2) is 24.3 Å². The highest BCUT2D eigenvalue weighted by molar-refractivity contribution is 5.77. The van der Waals surface area contributed by atoms with Crippen LogP contribution in [0.3, 0.4) is 0 Å². The molecule has 0 radical (unpaired) electrons. The standard InChI is InChI=1S/C14H20N2O2/c1-14(15)8-7-13(17)16(10-14)9-11-3-5-12(18-2)6-4-11/h3-6H,7-10,15H2,1-2H3. The molecule has 0 bridgehead atoms. The number of hydrogen-bond acceptors (Lipinski definition) is 3. The topological polar surface area (TPSA) is 55.6 Å². The lowest BCUT2D eigenvalue weighted by Crippen LogP contribution is -2.53. The van der Waals surface area contributed by atoms with E-state index < -0.39 is 0 Å². The zero-order valence-corrected chi connectivity index (χ0v) is 11.0. The maximum Gasteiger partial charge on any atom is 0.223 e. The number of methoxy groups -OCH3 is 1. The van der Waals surface area contributed by atoms with E-state index in [1.807, 2.05) is 36.1 Å². The van der Waals surface area contributed by atoms with Crippen molar-refractivity contribution in [3.05, 3.63) is 29.8 Å². The Morgan fingerprint density at radius 3 is 2.67 bits per heavy atom. The van der Waals surface area contributed by atoms with Crippen molar-refractivity contribution >= 4 is 5.91 Å². The number of nitrogens with two attached hydrogens (primary N) is 1. The zero-order chi connectivity index (χ0) is 13.2. The smallest absolute Gasteiger partial charge is 0.223 e. The Hall–Kier alpha value is -1.55. The molecule has 0 aromatic heterocycles. The number of amides is 1. The Morgan fingerprint density at radius 1 is 1.39 bits per heavy atom. The Kier molecular flexibility index (Phi) is 3.57. The van der Waals surface area contributed by atoms with Gasteiger partial charge >= 0.3 is 0 Å². The SMILES string of the molecule is COc1ccc(CN2CC(C)(N)CCC2=O)cc1. The van der Waals surface area contributed by atoms with Crippen molar-refractivity contribution < 1.29 is 9.53 Å². The summed E-state index contributed by atoms with van der Waals surface area (Å²) in [5, 5.41) is 0. The highest BCUT2D eigenvalue weighted by Crippen LogP contribution is 2.21. The van der Waals surface area contributed by atoms with Gasteiger partial charge in [0.15, 0.2) is 0 Å². The predicted molar refractivity (Wildman–Crippen MR) is 70.2 cm³/mol. The van der Waals surface area contributed by atoms with Gasteiger partial charge in [-0.05, 0) is 31.0 Å². The molecule has 4 nitrogen and oxygen atoms in total. The number of rotatable bonds is 3. The highest BCUT2D eigenvalue weighted by atomic mass is 16.5. The van der Waals surface area contributed by atoms with Crippen molar-refractivity contribution in [2.45, 2.75) is 31.8 Å². The summed E-state index contributed by atoms with van der Waals surface area (Å²) in [4.78, 5) is 13.7. The largest absolute Gasteiger partial charge is 0.497 e. The van der Waals surface area contributed by atoms with Crippen LogP contribution in [0.25, 0.3) is 0 Å². The molecule has 18 heavy (non-hydrogen) atoms. The van der Waals surface area contributed by atoms with Gasteiger partial charge in [-0.3, -0.25) is 4.79 Å². The summed E-state index contributed by atoms with van der Waals surface area (Å²) in [6, 6.07) is 7.78. The molecule has 0 spiro atoms. The molecule has 4 heteroatoms. The van der Waals surface area contributed by atoms with Crippen LogP contribution in [0.5, 0.6) is 5.75 Å². The first-order valence-electron chi connectivity index (χ1n) is 6.20. The second kappa shape index (κ2) is 4.98. The Bertz CT molecular complexity index is 426. The molecular weight excluding hydrogens is 228 g/mol. The minimum Gasteiger partial charge on any atom is -0.497 e. The van der Waals surface area contributed by atoms with Crippen molar-refractivity contribution in [3.63, 3.8) is 0 Å².